The molecule has 0 saturated heterocycles. The van der Waals surface area contributed by atoms with Gasteiger partial charge in [0.2, 0.25) is 11.8 Å². The maximum atomic E-state index is 12.4. The van der Waals surface area contributed by atoms with E-state index in [2.05, 4.69) is 5.32 Å². The summed E-state index contributed by atoms with van der Waals surface area (Å²) in [4.78, 5) is 23.5. The number of carbonyl (C=O) groups is 2. The molecule has 1 unspecified atom stereocenters. The number of primary amides is 1. The van der Waals surface area contributed by atoms with Crippen molar-refractivity contribution in [3.8, 4) is 0 Å². The van der Waals surface area contributed by atoms with E-state index in [-0.39, 0.29) is 48.6 Å². The molecule has 0 aromatic heterocycles. The Kier molecular flexibility index (Phi) is 7.35. The van der Waals surface area contributed by atoms with Crippen LogP contribution >= 0.6 is 12.4 Å². The lowest BCUT2D eigenvalue weighted by Crippen LogP contribution is -2.43. The third-order valence-electron chi connectivity index (χ3n) is 4.23. The van der Waals surface area contributed by atoms with E-state index >= 15 is 0 Å². The summed E-state index contributed by atoms with van der Waals surface area (Å²) in [6, 6.07) is 9.68. The molecule has 2 amide bonds. The van der Waals surface area contributed by atoms with Crippen LogP contribution in [0.4, 0.5) is 0 Å². The van der Waals surface area contributed by atoms with E-state index in [0.717, 1.165) is 31.2 Å². The number of nitrogens with one attached hydrogen (secondary N) is 1. The third kappa shape index (κ3) is 4.71. The lowest BCUT2D eigenvalue weighted by Gasteiger charge is -2.28. The van der Waals surface area contributed by atoms with E-state index in [0.29, 0.717) is 0 Å². The minimum absolute atomic E-state index is 0. The first-order chi connectivity index (χ1) is 10.1. The zero-order chi connectivity index (χ0) is 15.2. The topological polar surface area (TPSA) is 98.2 Å². The molecule has 1 aromatic rings. The highest BCUT2D eigenvalue weighted by molar-refractivity contribution is 5.85. The van der Waals surface area contributed by atoms with Gasteiger partial charge in [0.25, 0.3) is 0 Å². The quantitative estimate of drug-likeness (QED) is 0.761. The first kappa shape index (κ1) is 18.5. The second-order valence-electron chi connectivity index (χ2n) is 5.66. The molecule has 1 aliphatic rings. The zero-order valence-corrected chi connectivity index (χ0v) is 13.4. The van der Waals surface area contributed by atoms with Crippen LogP contribution in [0.2, 0.25) is 0 Å². The summed E-state index contributed by atoms with van der Waals surface area (Å²) in [5.74, 6) is -0.632. The number of hydrogen-bond acceptors (Lipinski definition) is 3. The highest BCUT2D eigenvalue weighted by Gasteiger charge is 2.27. The molecule has 2 rings (SSSR count). The van der Waals surface area contributed by atoms with Gasteiger partial charge in [-0.3, -0.25) is 9.59 Å². The van der Waals surface area contributed by atoms with E-state index in [4.69, 9.17) is 11.5 Å². The molecule has 1 saturated carbocycles. The van der Waals surface area contributed by atoms with Crippen LogP contribution in [0.25, 0.3) is 0 Å². The number of carbonyl (C=O) groups excluding carboxylic acids is 2. The molecule has 1 fully saturated rings. The van der Waals surface area contributed by atoms with Crippen LogP contribution in [0, 0.1) is 5.92 Å². The van der Waals surface area contributed by atoms with E-state index in [1.54, 1.807) is 0 Å². The Morgan fingerprint density at radius 3 is 2.23 bits per heavy atom. The Morgan fingerprint density at radius 1 is 1.14 bits per heavy atom. The Morgan fingerprint density at radius 2 is 1.73 bits per heavy atom. The van der Waals surface area contributed by atoms with Crippen molar-refractivity contribution < 1.29 is 9.59 Å². The number of hydrogen-bond donors (Lipinski definition) is 3. The number of amides is 2. The summed E-state index contributed by atoms with van der Waals surface area (Å²) in [5.41, 5.74) is 12.0. The van der Waals surface area contributed by atoms with Gasteiger partial charge < -0.3 is 16.8 Å². The van der Waals surface area contributed by atoms with Crippen molar-refractivity contribution in [2.45, 2.75) is 37.6 Å². The monoisotopic (exact) mass is 325 g/mol. The lowest BCUT2D eigenvalue weighted by atomic mass is 9.85. The van der Waals surface area contributed by atoms with E-state index in [1.165, 1.54) is 0 Å². The second-order valence-corrected chi connectivity index (χ2v) is 5.66. The van der Waals surface area contributed by atoms with Crippen LogP contribution in [0.15, 0.2) is 30.3 Å². The van der Waals surface area contributed by atoms with Gasteiger partial charge in [0.15, 0.2) is 0 Å². The van der Waals surface area contributed by atoms with Crippen LogP contribution in [0.5, 0.6) is 0 Å². The van der Waals surface area contributed by atoms with Crippen LogP contribution in [0.3, 0.4) is 0 Å². The number of halogens is 1. The average Bonchev–Trinajstić information content (AvgIpc) is 2.49. The van der Waals surface area contributed by atoms with Crippen molar-refractivity contribution in [1.29, 1.82) is 0 Å². The van der Waals surface area contributed by atoms with Gasteiger partial charge in [-0.05, 0) is 31.2 Å². The van der Waals surface area contributed by atoms with Crippen molar-refractivity contribution in [2.75, 3.05) is 6.54 Å². The fraction of sp³-hybridized carbons (Fsp3) is 0.500. The molecule has 6 heteroatoms. The number of benzene rings is 1. The zero-order valence-electron chi connectivity index (χ0n) is 12.5. The smallest absolute Gasteiger partial charge is 0.229 e. The van der Waals surface area contributed by atoms with Crippen molar-refractivity contribution in [1.82, 2.24) is 5.32 Å². The summed E-state index contributed by atoms with van der Waals surface area (Å²) < 4.78 is 0. The van der Waals surface area contributed by atoms with Gasteiger partial charge in [-0.15, -0.1) is 12.4 Å². The maximum absolute atomic E-state index is 12.4. The lowest BCUT2D eigenvalue weighted by molar-refractivity contribution is -0.123. The molecule has 0 radical (unpaired) electrons. The highest BCUT2D eigenvalue weighted by Crippen LogP contribution is 2.24. The summed E-state index contributed by atoms with van der Waals surface area (Å²) in [6.45, 7) is 0.284. The molecule has 1 aliphatic carbocycles. The van der Waals surface area contributed by atoms with Gasteiger partial charge in [0, 0.05) is 18.5 Å². The van der Waals surface area contributed by atoms with Gasteiger partial charge >= 0.3 is 0 Å². The van der Waals surface area contributed by atoms with Crippen molar-refractivity contribution in [2.24, 2.45) is 17.4 Å². The minimum Gasteiger partial charge on any atom is -0.369 e. The molecular weight excluding hydrogens is 302 g/mol. The van der Waals surface area contributed by atoms with E-state index in [9.17, 15) is 9.59 Å². The van der Waals surface area contributed by atoms with Crippen LogP contribution in [-0.2, 0) is 9.59 Å². The first-order valence-corrected chi connectivity index (χ1v) is 7.46. The molecule has 1 aromatic carbocycles. The maximum Gasteiger partial charge on any atom is 0.229 e. The first-order valence-electron chi connectivity index (χ1n) is 7.46. The van der Waals surface area contributed by atoms with E-state index < -0.39 is 0 Å². The predicted molar refractivity (Wildman–Crippen MR) is 88.6 cm³/mol. The molecule has 122 valence electrons. The van der Waals surface area contributed by atoms with Gasteiger partial charge in [-0.2, -0.15) is 0 Å². The normalized spacial score (nSPS) is 22.2. The molecule has 5 nitrogen and oxygen atoms in total. The van der Waals surface area contributed by atoms with Crippen LogP contribution in [0.1, 0.15) is 37.2 Å². The molecule has 5 N–H and O–H groups in total. The average molecular weight is 326 g/mol. The molecule has 1 atom stereocenters. The third-order valence-corrected chi connectivity index (χ3v) is 4.23. The fourth-order valence-electron chi connectivity index (χ4n) is 2.90. The van der Waals surface area contributed by atoms with Gasteiger partial charge in [0.1, 0.15) is 0 Å². The summed E-state index contributed by atoms with van der Waals surface area (Å²) in [6.07, 6.45) is 3.09. The standard InChI is InChI=1S/C16H23N3O2.ClH/c17-10-14(11-4-2-1-3-5-11)16(21)19-13-8-6-12(7-9-13)15(18)20;/h1-5,12-14H,6-10,17H2,(H2,18,20)(H,19,21);1H. The summed E-state index contributed by atoms with van der Waals surface area (Å²) >= 11 is 0. The number of rotatable bonds is 5. The van der Waals surface area contributed by atoms with Gasteiger partial charge in [-0.25, -0.2) is 0 Å². The van der Waals surface area contributed by atoms with Gasteiger partial charge in [-0.1, -0.05) is 30.3 Å². The fourth-order valence-corrected chi connectivity index (χ4v) is 2.90. The van der Waals surface area contributed by atoms with Crippen molar-refractivity contribution >= 4 is 24.2 Å². The number of nitrogens with two attached hydrogens (primary N) is 2. The minimum atomic E-state index is -0.319. The predicted octanol–water partition coefficient (Wildman–Crippen LogP) is 1.31. The highest BCUT2D eigenvalue weighted by atomic mass is 35.5. The largest absolute Gasteiger partial charge is 0.369 e. The van der Waals surface area contributed by atoms with Crippen molar-refractivity contribution in [3.63, 3.8) is 0 Å². The Labute approximate surface area is 137 Å². The molecule has 0 heterocycles. The molecule has 0 bridgehead atoms. The molecular formula is C16H24ClN3O2. The van der Waals surface area contributed by atoms with Crippen LogP contribution in [-0.4, -0.2) is 24.4 Å². The summed E-state index contributed by atoms with van der Waals surface area (Å²) in [5, 5.41) is 3.06. The van der Waals surface area contributed by atoms with Crippen LogP contribution < -0.4 is 16.8 Å². The Bertz CT molecular complexity index is 487. The van der Waals surface area contributed by atoms with E-state index in [1.807, 2.05) is 30.3 Å². The molecule has 0 aliphatic heterocycles. The Balaban J connectivity index is 0.00000242. The van der Waals surface area contributed by atoms with Gasteiger partial charge in [0.05, 0.1) is 5.92 Å². The second kappa shape index (κ2) is 8.76. The molecule has 22 heavy (non-hydrogen) atoms. The molecule has 0 spiro atoms. The SMILES string of the molecule is Cl.NCC(C(=O)NC1CCC(C(N)=O)CC1)c1ccccc1. The summed E-state index contributed by atoms with van der Waals surface area (Å²) in [7, 11) is 0. The Hall–Kier alpha value is -1.59. The van der Waals surface area contributed by atoms with Crippen molar-refractivity contribution in [3.05, 3.63) is 35.9 Å².